The minimum absolute atomic E-state index is 0.111. The Kier molecular flexibility index (Phi) is 11.3. The van der Waals surface area contributed by atoms with E-state index in [0.29, 0.717) is 24.4 Å². The molecule has 1 aromatic carbocycles. The Morgan fingerprint density at radius 1 is 1.20 bits per heavy atom. The number of methoxy groups -OCH3 is 1. The van der Waals surface area contributed by atoms with Crippen LogP contribution in [0.1, 0.15) is 30.1 Å². The van der Waals surface area contributed by atoms with Gasteiger partial charge < -0.3 is 20.7 Å². The summed E-state index contributed by atoms with van der Waals surface area (Å²) >= 11 is 1.86. The maximum absolute atomic E-state index is 12.1. The summed E-state index contributed by atoms with van der Waals surface area (Å²) in [7, 11) is 1.59. The molecule has 0 saturated carbocycles. The van der Waals surface area contributed by atoms with Crippen LogP contribution in [0.4, 0.5) is 0 Å². The van der Waals surface area contributed by atoms with E-state index in [4.69, 9.17) is 4.74 Å². The maximum atomic E-state index is 12.1. The fourth-order valence-corrected chi connectivity index (χ4v) is 2.61. The van der Waals surface area contributed by atoms with Crippen LogP contribution in [0, 0.1) is 0 Å². The van der Waals surface area contributed by atoms with Gasteiger partial charge in [0.05, 0.1) is 7.11 Å². The second-order valence-corrected chi connectivity index (χ2v) is 6.36. The zero-order valence-corrected chi connectivity index (χ0v) is 16.2. The minimum atomic E-state index is -0.111. The first-order valence-corrected chi connectivity index (χ1v) is 10.0. The van der Waals surface area contributed by atoms with Crippen LogP contribution in [-0.4, -0.2) is 57.2 Å². The average molecular weight is 367 g/mol. The van der Waals surface area contributed by atoms with E-state index in [2.05, 4.69) is 27.2 Å². The number of rotatable bonds is 11. The summed E-state index contributed by atoms with van der Waals surface area (Å²) in [5.74, 6) is 2.53. The molecule has 0 atom stereocenters. The number of carbonyl (C=O) groups is 1. The van der Waals surface area contributed by atoms with E-state index in [1.54, 1.807) is 25.3 Å². The highest BCUT2D eigenvalue weighted by Crippen LogP contribution is 2.12. The lowest BCUT2D eigenvalue weighted by Gasteiger charge is -2.12. The van der Waals surface area contributed by atoms with Crippen molar-refractivity contribution in [1.29, 1.82) is 0 Å². The van der Waals surface area contributed by atoms with Gasteiger partial charge >= 0.3 is 0 Å². The van der Waals surface area contributed by atoms with Crippen LogP contribution < -0.4 is 20.7 Å². The molecule has 0 unspecified atom stereocenters. The van der Waals surface area contributed by atoms with Crippen molar-refractivity contribution < 1.29 is 9.53 Å². The molecule has 0 bridgehead atoms. The number of hydrogen-bond acceptors (Lipinski definition) is 4. The van der Waals surface area contributed by atoms with Crippen LogP contribution in [0.15, 0.2) is 29.3 Å². The standard InChI is InChI=1S/C18H30N4O2S/c1-4-19-18(21-10-5-6-13-25-3)22-12-11-20-17(23)15-8-7-9-16(14-15)24-2/h7-9,14H,4-6,10-13H2,1-3H3,(H,20,23)(H2,19,21,22). The predicted molar refractivity (Wildman–Crippen MR) is 107 cm³/mol. The highest BCUT2D eigenvalue weighted by Gasteiger charge is 2.05. The van der Waals surface area contributed by atoms with Crippen molar-refractivity contribution in [3.05, 3.63) is 29.8 Å². The first-order valence-electron chi connectivity index (χ1n) is 8.64. The number of aliphatic imine (C=N–C) groups is 1. The van der Waals surface area contributed by atoms with Crippen molar-refractivity contribution in [2.24, 2.45) is 4.99 Å². The molecule has 140 valence electrons. The van der Waals surface area contributed by atoms with Crippen molar-refractivity contribution >= 4 is 23.6 Å². The van der Waals surface area contributed by atoms with Gasteiger partial charge in [-0.1, -0.05) is 6.07 Å². The van der Waals surface area contributed by atoms with Crippen molar-refractivity contribution in [3.8, 4) is 5.75 Å². The number of hydrogen-bond donors (Lipinski definition) is 3. The second kappa shape index (κ2) is 13.4. The van der Waals surface area contributed by atoms with Gasteiger partial charge in [-0.15, -0.1) is 0 Å². The zero-order chi connectivity index (χ0) is 18.3. The van der Waals surface area contributed by atoms with Gasteiger partial charge in [0, 0.05) is 31.7 Å². The van der Waals surface area contributed by atoms with Crippen LogP contribution in [0.3, 0.4) is 0 Å². The molecule has 7 heteroatoms. The van der Waals surface area contributed by atoms with Crippen LogP contribution in [-0.2, 0) is 0 Å². The smallest absolute Gasteiger partial charge is 0.251 e. The lowest BCUT2D eigenvalue weighted by molar-refractivity contribution is 0.0954. The summed E-state index contributed by atoms with van der Waals surface area (Å²) in [6, 6.07) is 7.12. The van der Waals surface area contributed by atoms with Gasteiger partial charge in [-0.3, -0.25) is 9.79 Å². The molecule has 0 radical (unpaired) electrons. The van der Waals surface area contributed by atoms with E-state index in [-0.39, 0.29) is 5.91 Å². The van der Waals surface area contributed by atoms with E-state index >= 15 is 0 Å². The number of thioether (sulfide) groups is 1. The van der Waals surface area contributed by atoms with E-state index in [1.807, 2.05) is 24.8 Å². The molecule has 1 aromatic rings. The quantitative estimate of drug-likeness (QED) is 0.318. The van der Waals surface area contributed by atoms with Gasteiger partial charge in [0.25, 0.3) is 5.91 Å². The Hall–Kier alpha value is -1.89. The molecule has 0 aliphatic heterocycles. The Morgan fingerprint density at radius 2 is 2.00 bits per heavy atom. The summed E-state index contributed by atoms with van der Waals surface area (Å²) in [5.41, 5.74) is 0.591. The van der Waals surface area contributed by atoms with Gasteiger partial charge in [-0.25, -0.2) is 0 Å². The lowest BCUT2D eigenvalue weighted by Crippen LogP contribution is -2.41. The molecule has 0 saturated heterocycles. The number of nitrogens with one attached hydrogen (secondary N) is 3. The SMILES string of the molecule is CCNC(=NCCCCSC)NCCNC(=O)c1cccc(OC)c1. The maximum Gasteiger partial charge on any atom is 0.251 e. The van der Waals surface area contributed by atoms with E-state index in [1.165, 1.54) is 12.2 Å². The average Bonchev–Trinajstić information content (AvgIpc) is 2.64. The van der Waals surface area contributed by atoms with Crippen molar-refractivity contribution in [3.63, 3.8) is 0 Å². The number of nitrogens with zero attached hydrogens (tertiary/aromatic N) is 1. The van der Waals surface area contributed by atoms with Gasteiger partial charge in [0.15, 0.2) is 5.96 Å². The second-order valence-electron chi connectivity index (χ2n) is 5.38. The Balaban J connectivity index is 2.32. The molecule has 0 aliphatic rings. The monoisotopic (exact) mass is 366 g/mol. The summed E-state index contributed by atoms with van der Waals surface area (Å²) in [6.07, 6.45) is 4.39. The number of amides is 1. The fraction of sp³-hybridized carbons (Fsp3) is 0.556. The van der Waals surface area contributed by atoms with Crippen LogP contribution in [0.5, 0.6) is 5.75 Å². The minimum Gasteiger partial charge on any atom is -0.497 e. The van der Waals surface area contributed by atoms with Crippen LogP contribution in [0.2, 0.25) is 0 Å². The molecule has 0 fully saturated rings. The van der Waals surface area contributed by atoms with Crippen molar-refractivity contribution in [2.75, 3.05) is 45.3 Å². The summed E-state index contributed by atoms with van der Waals surface area (Å²) in [6.45, 7) is 4.80. The van der Waals surface area contributed by atoms with Crippen LogP contribution in [0.25, 0.3) is 0 Å². The van der Waals surface area contributed by atoms with Crippen molar-refractivity contribution in [2.45, 2.75) is 19.8 Å². The van der Waals surface area contributed by atoms with Gasteiger partial charge in [0.2, 0.25) is 0 Å². The number of guanidine groups is 1. The van der Waals surface area contributed by atoms with E-state index < -0.39 is 0 Å². The summed E-state index contributed by atoms with van der Waals surface area (Å²) < 4.78 is 5.13. The molecular formula is C18H30N4O2S. The topological polar surface area (TPSA) is 74.8 Å². The molecule has 1 rings (SSSR count). The van der Waals surface area contributed by atoms with Gasteiger partial charge in [0.1, 0.15) is 5.75 Å². The highest BCUT2D eigenvalue weighted by atomic mass is 32.2. The third-order valence-electron chi connectivity index (χ3n) is 3.41. The zero-order valence-electron chi connectivity index (χ0n) is 15.4. The van der Waals surface area contributed by atoms with Crippen LogP contribution >= 0.6 is 11.8 Å². The third-order valence-corrected chi connectivity index (χ3v) is 4.10. The number of ether oxygens (including phenoxy) is 1. The molecule has 3 N–H and O–H groups in total. The molecule has 25 heavy (non-hydrogen) atoms. The first-order chi connectivity index (χ1) is 12.2. The molecule has 0 spiro atoms. The third kappa shape index (κ3) is 9.24. The van der Waals surface area contributed by atoms with E-state index in [9.17, 15) is 4.79 Å². The summed E-state index contributed by atoms with van der Waals surface area (Å²) in [5, 5.41) is 9.34. The lowest BCUT2D eigenvalue weighted by atomic mass is 10.2. The largest absolute Gasteiger partial charge is 0.497 e. The first kappa shape index (κ1) is 21.2. The van der Waals surface area contributed by atoms with E-state index in [0.717, 1.165) is 25.5 Å². The normalized spacial score (nSPS) is 11.1. The molecule has 6 nitrogen and oxygen atoms in total. The number of benzene rings is 1. The fourth-order valence-electron chi connectivity index (χ4n) is 2.11. The Morgan fingerprint density at radius 3 is 2.72 bits per heavy atom. The highest BCUT2D eigenvalue weighted by molar-refractivity contribution is 7.98. The molecule has 1 amide bonds. The van der Waals surface area contributed by atoms with Crippen molar-refractivity contribution in [1.82, 2.24) is 16.0 Å². The Labute approximate surface area is 155 Å². The summed E-state index contributed by atoms with van der Waals surface area (Å²) in [4.78, 5) is 16.7. The predicted octanol–water partition coefficient (Wildman–Crippen LogP) is 2.12. The van der Waals surface area contributed by atoms with Gasteiger partial charge in [-0.05, 0) is 50.0 Å². The molecule has 0 aromatic heterocycles. The Bertz CT molecular complexity index is 538. The molecule has 0 aliphatic carbocycles. The number of carbonyl (C=O) groups excluding carboxylic acids is 1. The number of unbranched alkanes of at least 4 members (excludes halogenated alkanes) is 1. The van der Waals surface area contributed by atoms with Gasteiger partial charge in [-0.2, -0.15) is 11.8 Å². The molecule has 0 heterocycles. The molecular weight excluding hydrogens is 336 g/mol.